The Hall–Kier alpha value is -2.10. The molecule has 4 heteroatoms. The quantitative estimate of drug-likeness (QED) is 0.627. The first kappa shape index (κ1) is 20.8. The number of hydrogen-bond donors (Lipinski definition) is 1. The fourth-order valence-corrected chi connectivity index (χ4v) is 6.28. The predicted octanol–water partition coefficient (Wildman–Crippen LogP) is 6.12. The Morgan fingerprint density at radius 3 is 2.35 bits per heavy atom. The molecule has 5 atom stereocenters. The normalized spacial score (nSPS) is 29.2. The second-order valence-electron chi connectivity index (χ2n) is 9.33. The molecule has 3 nitrogen and oxygen atoms in total. The second kappa shape index (κ2) is 7.50. The third-order valence-corrected chi connectivity index (χ3v) is 7.97. The number of allylic oxidation sites excluding steroid dienone is 1. The van der Waals surface area contributed by atoms with Crippen molar-refractivity contribution < 1.29 is 14.6 Å². The molecule has 0 aromatic heterocycles. The molecule has 2 aromatic rings. The average Bonchev–Trinajstić information content (AvgIpc) is 3.41. The molecule has 0 saturated carbocycles. The van der Waals surface area contributed by atoms with E-state index in [0.717, 1.165) is 52.1 Å². The summed E-state index contributed by atoms with van der Waals surface area (Å²) in [5.41, 5.74) is 7.17. The zero-order chi connectivity index (χ0) is 22.0. The maximum atomic E-state index is 13.6. The summed E-state index contributed by atoms with van der Waals surface area (Å²) in [5, 5.41) is 12.2. The molecule has 3 aliphatic rings. The van der Waals surface area contributed by atoms with Gasteiger partial charge in [0.1, 0.15) is 5.76 Å². The SMILES string of the molecule is CCc1cc(C)cc(CC)c1C1=C(O)[C@@H]2C3OC(CC3c3ccc(C)c(Cl)c3)[C@@H]2C1=O. The predicted molar refractivity (Wildman–Crippen MR) is 124 cm³/mol. The lowest BCUT2D eigenvalue weighted by molar-refractivity contribution is -0.118. The second-order valence-corrected chi connectivity index (χ2v) is 9.74. The van der Waals surface area contributed by atoms with Crippen LogP contribution in [0.4, 0.5) is 0 Å². The maximum Gasteiger partial charge on any atom is 0.173 e. The highest BCUT2D eigenvalue weighted by atomic mass is 35.5. The molecule has 2 heterocycles. The van der Waals surface area contributed by atoms with Crippen molar-refractivity contribution in [1.29, 1.82) is 0 Å². The van der Waals surface area contributed by atoms with Crippen LogP contribution in [0.1, 0.15) is 59.6 Å². The molecule has 2 fully saturated rings. The summed E-state index contributed by atoms with van der Waals surface area (Å²) in [6.45, 7) is 8.31. The van der Waals surface area contributed by atoms with E-state index < -0.39 is 0 Å². The first-order chi connectivity index (χ1) is 14.8. The van der Waals surface area contributed by atoms with Gasteiger partial charge in [0.15, 0.2) is 5.78 Å². The number of aliphatic hydroxyl groups is 1. The van der Waals surface area contributed by atoms with Gasteiger partial charge >= 0.3 is 0 Å². The van der Waals surface area contributed by atoms with E-state index in [1.165, 1.54) is 5.56 Å². The van der Waals surface area contributed by atoms with Crippen molar-refractivity contribution in [3.63, 3.8) is 0 Å². The lowest BCUT2D eigenvalue weighted by atomic mass is 9.72. The summed E-state index contributed by atoms with van der Waals surface area (Å²) in [5.74, 6) is -0.0924. The largest absolute Gasteiger partial charge is 0.511 e. The number of rotatable bonds is 4. The minimum Gasteiger partial charge on any atom is -0.511 e. The summed E-state index contributed by atoms with van der Waals surface area (Å²) < 4.78 is 6.28. The van der Waals surface area contributed by atoms with Crippen molar-refractivity contribution in [2.45, 2.75) is 65.1 Å². The third kappa shape index (κ3) is 3.01. The van der Waals surface area contributed by atoms with E-state index in [0.29, 0.717) is 5.57 Å². The Kier molecular flexibility index (Phi) is 5.02. The number of halogens is 1. The van der Waals surface area contributed by atoms with Gasteiger partial charge in [-0.25, -0.2) is 0 Å². The number of ether oxygens (including phenoxy) is 1. The summed E-state index contributed by atoms with van der Waals surface area (Å²) in [6, 6.07) is 10.5. The summed E-state index contributed by atoms with van der Waals surface area (Å²) >= 11 is 6.39. The monoisotopic (exact) mass is 436 g/mol. The van der Waals surface area contributed by atoms with Crippen LogP contribution in [0.2, 0.25) is 5.02 Å². The van der Waals surface area contributed by atoms with Crippen molar-refractivity contribution in [2.75, 3.05) is 0 Å². The molecular formula is C27H29ClO3. The van der Waals surface area contributed by atoms with Crippen LogP contribution in [0.3, 0.4) is 0 Å². The molecule has 0 radical (unpaired) electrons. The van der Waals surface area contributed by atoms with Crippen LogP contribution in [-0.2, 0) is 22.4 Å². The highest BCUT2D eigenvalue weighted by molar-refractivity contribution is 6.31. The molecule has 1 N–H and O–H groups in total. The molecule has 31 heavy (non-hydrogen) atoms. The number of fused-ring (bicyclic) bond motifs is 5. The Morgan fingerprint density at radius 1 is 1.06 bits per heavy atom. The van der Waals surface area contributed by atoms with Crippen LogP contribution in [-0.4, -0.2) is 23.1 Å². The lowest BCUT2D eigenvalue weighted by Gasteiger charge is -2.28. The van der Waals surface area contributed by atoms with Crippen molar-refractivity contribution in [1.82, 2.24) is 0 Å². The van der Waals surface area contributed by atoms with Gasteiger partial charge in [-0.15, -0.1) is 0 Å². The number of ketones is 1. The number of benzene rings is 2. The molecule has 2 aliphatic heterocycles. The zero-order valence-corrected chi connectivity index (χ0v) is 19.3. The minimum atomic E-state index is -0.270. The van der Waals surface area contributed by atoms with Crippen molar-refractivity contribution in [3.05, 3.63) is 74.5 Å². The molecule has 0 spiro atoms. The molecule has 5 rings (SSSR count). The number of Topliss-reactive ketones (excluding diaryl/α,β-unsaturated/α-hetero) is 1. The first-order valence-corrected chi connectivity index (χ1v) is 11.7. The number of hydrogen-bond acceptors (Lipinski definition) is 3. The van der Waals surface area contributed by atoms with Gasteiger partial charge in [-0.3, -0.25) is 4.79 Å². The van der Waals surface area contributed by atoms with E-state index in [2.05, 4.69) is 39.0 Å². The van der Waals surface area contributed by atoms with Crippen LogP contribution in [0.25, 0.3) is 5.57 Å². The summed E-state index contributed by atoms with van der Waals surface area (Å²) in [7, 11) is 0. The van der Waals surface area contributed by atoms with Gasteiger partial charge in [0, 0.05) is 10.9 Å². The standard InChI is InChI=1S/C27H29ClO3/c1-5-15-9-13(3)10-16(6-2)21(15)23-25(29)22-20-12-18(27(31-20)24(22)26(23)30)17-8-7-14(4)19(28)11-17/h7-11,18,20,22,24,27,30H,5-6,12H2,1-4H3/t18?,20?,22-,24+,27?/m0/s1. The smallest absolute Gasteiger partial charge is 0.173 e. The summed E-state index contributed by atoms with van der Waals surface area (Å²) in [4.78, 5) is 13.6. The Bertz CT molecular complexity index is 1090. The molecule has 3 unspecified atom stereocenters. The fraction of sp³-hybridized carbons (Fsp3) is 0.444. The highest BCUT2D eigenvalue weighted by Gasteiger charge is 2.62. The number of carbonyl (C=O) groups is 1. The Morgan fingerprint density at radius 2 is 1.74 bits per heavy atom. The zero-order valence-electron chi connectivity index (χ0n) is 18.5. The maximum absolute atomic E-state index is 13.6. The van der Waals surface area contributed by atoms with Gasteiger partial charge in [0.25, 0.3) is 0 Å². The van der Waals surface area contributed by atoms with Crippen molar-refractivity contribution in [2.24, 2.45) is 11.8 Å². The fourth-order valence-electron chi connectivity index (χ4n) is 6.09. The van der Waals surface area contributed by atoms with Crippen molar-refractivity contribution in [3.8, 4) is 0 Å². The first-order valence-electron chi connectivity index (χ1n) is 11.4. The van der Waals surface area contributed by atoms with Gasteiger partial charge in [0.05, 0.1) is 29.6 Å². The van der Waals surface area contributed by atoms with Gasteiger partial charge in [0.2, 0.25) is 0 Å². The number of carbonyl (C=O) groups excluding carboxylic acids is 1. The van der Waals surface area contributed by atoms with Crippen LogP contribution < -0.4 is 0 Å². The summed E-state index contributed by atoms with van der Waals surface area (Å²) in [6.07, 6.45) is 2.13. The third-order valence-electron chi connectivity index (χ3n) is 7.56. The van der Waals surface area contributed by atoms with Crippen LogP contribution in [0.5, 0.6) is 0 Å². The van der Waals surface area contributed by atoms with E-state index >= 15 is 0 Å². The molecule has 2 saturated heterocycles. The Labute approximate surface area is 189 Å². The molecule has 162 valence electrons. The van der Waals surface area contributed by atoms with Crippen LogP contribution in [0.15, 0.2) is 36.1 Å². The minimum absolute atomic E-state index is 0.0589. The van der Waals surface area contributed by atoms with Gasteiger partial charge in [-0.1, -0.05) is 55.3 Å². The van der Waals surface area contributed by atoms with Crippen LogP contribution in [0, 0.1) is 25.7 Å². The number of aryl methyl sites for hydroxylation is 4. The van der Waals surface area contributed by atoms with E-state index in [9.17, 15) is 9.90 Å². The molecule has 1 aliphatic carbocycles. The topological polar surface area (TPSA) is 46.5 Å². The van der Waals surface area contributed by atoms with E-state index in [-0.39, 0.29) is 41.5 Å². The highest BCUT2D eigenvalue weighted by Crippen LogP contribution is 2.58. The Balaban J connectivity index is 1.59. The van der Waals surface area contributed by atoms with Crippen molar-refractivity contribution >= 4 is 23.0 Å². The van der Waals surface area contributed by atoms with E-state index in [1.807, 2.05) is 19.1 Å². The van der Waals surface area contributed by atoms with Gasteiger partial charge in [-0.2, -0.15) is 0 Å². The molecular weight excluding hydrogens is 408 g/mol. The van der Waals surface area contributed by atoms with Crippen LogP contribution >= 0.6 is 11.6 Å². The molecule has 0 amide bonds. The molecule has 2 bridgehead atoms. The lowest BCUT2D eigenvalue weighted by Crippen LogP contribution is -2.33. The van der Waals surface area contributed by atoms with Gasteiger partial charge in [-0.05, 0) is 67.0 Å². The average molecular weight is 437 g/mol. The van der Waals surface area contributed by atoms with E-state index in [4.69, 9.17) is 16.3 Å². The van der Waals surface area contributed by atoms with E-state index in [1.54, 1.807) is 0 Å². The van der Waals surface area contributed by atoms with Gasteiger partial charge < -0.3 is 9.84 Å². The number of aliphatic hydroxyl groups excluding tert-OH is 1. The molecule has 2 aromatic carbocycles.